The van der Waals surface area contributed by atoms with Crippen molar-refractivity contribution in [3.63, 3.8) is 0 Å². The van der Waals surface area contributed by atoms with Crippen molar-refractivity contribution in [2.24, 2.45) is 0 Å². The van der Waals surface area contributed by atoms with Crippen LogP contribution in [0.4, 0.5) is 4.79 Å². The van der Waals surface area contributed by atoms with Gasteiger partial charge in [-0.15, -0.1) is 10.2 Å². The number of imide groups is 1. The van der Waals surface area contributed by atoms with Gasteiger partial charge in [0.25, 0.3) is 5.91 Å². The topological polar surface area (TPSA) is 110 Å². The van der Waals surface area contributed by atoms with Crippen LogP contribution in [-0.4, -0.2) is 27.7 Å². The number of rotatable bonds is 3. The van der Waals surface area contributed by atoms with E-state index in [1.165, 1.54) is 6.39 Å². The third-order valence-corrected chi connectivity index (χ3v) is 3.82. The van der Waals surface area contributed by atoms with Crippen molar-refractivity contribution in [1.82, 2.24) is 20.8 Å². The summed E-state index contributed by atoms with van der Waals surface area (Å²) in [5, 5.41) is 13.2. The number of carbonyl (C=O) groups is 2. The zero-order valence-corrected chi connectivity index (χ0v) is 12.1. The molecule has 8 nitrogen and oxygen atoms in total. The zero-order chi connectivity index (χ0) is 16.0. The van der Waals surface area contributed by atoms with Gasteiger partial charge in [0.05, 0.1) is 0 Å². The van der Waals surface area contributed by atoms with Crippen LogP contribution in [0.5, 0.6) is 0 Å². The Balaban J connectivity index is 1.67. The summed E-state index contributed by atoms with van der Waals surface area (Å²) in [6.45, 7) is 1.66. The van der Waals surface area contributed by atoms with Crippen LogP contribution >= 0.6 is 0 Å². The summed E-state index contributed by atoms with van der Waals surface area (Å²) in [5.74, 6) is 0.635. The number of benzene rings is 1. The van der Waals surface area contributed by atoms with Crippen LogP contribution in [0.1, 0.15) is 12.7 Å². The second-order valence-corrected chi connectivity index (χ2v) is 5.63. The lowest BCUT2D eigenvalue weighted by molar-refractivity contribution is -0.123. The molecule has 1 unspecified atom stereocenters. The Morgan fingerprint density at radius 3 is 2.83 bits per heavy atom. The van der Waals surface area contributed by atoms with E-state index in [1.807, 2.05) is 18.2 Å². The summed E-state index contributed by atoms with van der Waals surface area (Å²) in [6, 6.07) is 6.86. The molecular formula is C15H12N4O4. The van der Waals surface area contributed by atoms with Crippen molar-refractivity contribution < 1.29 is 18.4 Å². The van der Waals surface area contributed by atoms with E-state index in [4.69, 9.17) is 8.83 Å². The minimum absolute atomic E-state index is 0.259. The van der Waals surface area contributed by atoms with Crippen LogP contribution in [0.25, 0.3) is 22.4 Å². The maximum Gasteiger partial charge on any atom is 0.322 e. The standard InChI is InChI=1S/C15H12N4O4/c1-15(13(20)17-14(21)18-15)6-10-4-8-2-3-9(5-11(8)23-10)12-19-16-7-22-12/h2-5,7H,6H2,1H3,(H2,17,18,20,21). The lowest BCUT2D eigenvalue weighted by Crippen LogP contribution is -2.45. The van der Waals surface area contributed by atoms with E-state index in [-0.39, 0.29) is 12.3 Å². The van der Waals surface area contributed by atoms with E-state index in [9.17, 15) is 9.59 Å². The first-order valence-corrected chi connectivity index (χ1v) is 6.96. The third-order valence-electron chi connectivity index (χ3n) is 3.82. The number of carbonyl (C=O) groups excluding carboxylic acids is 2. The van der Waals surface area contributed by atoms with Gasteiger partial charge < -0.3 is 14.2 Å². The van der Waals surface area contributed by atoms with Gasteiger partial charge in [-0.05, 0) is 25.1 Å². The number of hydrogen-bond acceptors (Lipinski definition) is 6. The van der Waals surface area contributed by atoms with Crippen LogP contribution in [0.15, 0.2) is 39.5 Å². The highest BCUT2D eigenvalue weighted by Gasteiger charge is 2.42. The number of furan rings is 1. The van der Waals surface area contributed by atoms with Crippen molar-refractivity contribution in [3.8, 4) is 11.5 Å². The Morgan fingerprint density at radius 2 is 2.13 bits per heavy atom. The highest BCUT2D eigenvalue weighted by molar-refractivity contribution is 6.06. The molecule has 23 heavy (non-hydrogen) atoms. The second-order valence-electron chi connectivity index (χ2n) is 5.63. The molecule has 3 amide bonds. The van der Waals surface area contributed by atoms with Gasteiger partial charge in [0, 0.05) is 17.4 Å². The van der Waals surface area contributed by atoms with Crippen LogP contribution in [0.3, 0.4) is 0 Å². The van der Waals surface area contributed by atoms with Crippen molar-refractivity contribution in [1.29, 1.82) is 0 Å². The fourth-order valence-electron chi connectivity index (χ4n) is 2.66. The van der Waals surface area contributed by atoms with Gasteiger partial charge in [-0.3, -0.25) is 10.1 Å². The Kier molecular flexibility index (Phi) is 2.74. The molecule has 0 saturated carbocycles. The summed E-state index contributed by atoms with van der Waals surface area (Å²) >= 11 is 0. The van der Waals surface area contributed by atoms with Crippen molar-refractivity contribution >= 4 is 22.9 Å². The number of hydrogen-bond donors (Lipinski definition) is 2. The third kappa shape index (κ3) is 2.24. The fraction of sp³-hybridized carbons (Fsp3) is 0.200. The Bertz CT molecular complexity index is 915. The summed E-state index contributed by atoms with van der Waals surface area (Å²) in [4.78, 5) is 23.2. The summed E-state index contributed by atoms with van der Waals surface area (Å²) in [5.41, 5.74) is 0.373. The fourth-order valence-corrected chi connectivity index (χ4v) is 2.66. The van der Waals surface area contributed by atoms with Crippen LogP contribution in [0.2, 0.25) is 0 Å². The van der Waals surface area contributed by atoms with Gasteiger partial charge in [0.1, 0.15) is 16.9 Å². The molecular weight excluding hydrogens is 300 g/mol. The number of urea groups is 1. The molecule has 3 heterocycles. The molecule has 0 aliphatic carbocycles. The van der Waals surface area contributed by atoms with Crippen LogP contribution < -0.4 is 10.6 Å². The predicted molar refractivity (Wildman–Crippen MR) is 78.3 cm³/mol. The molecule has 0 radical (unpaired) electrons. The molecule has 116 valence electrons. The quantitative estimate of drug-likeness (QED) is 0.711. The van der Waals surface area contributed by atoms with Gasteiger partial charge in [-0.1, -0.05) is 6.07 Å². The van der Waals surface area contributed by atoms with E-state index in [0.717, 1.165) is 10.9 Å². The first-order chi connectivity index (χ1) is 11.0. The Labute approximate surface area is 129 Å². The maximum atomic E-state index is 11.9. The van der Waals surface area contributed by atoms with Gasteiger partial charge in [-0.2, -0.15) is 0 Å². The molecule has 1 aliphatic rings. The molecule has 0 bridgehead atoms. The van der Waals surface area contributed by atoms with E-state index in [2.05, 4.69) is 20.8 Å². The molecule has 1 aromatic carbocycles. The van der Waals surface area contributed by atoms with Gasteiger partial charge in [-0.25, -0.2) is 4.79 Å². The zero-order valence-electron chi connectivity index (χ0n) is 12.1. The van der Waals surface area contributed by atoms with Crippen molar-refractivity contribution in [2.45, 2.75) is 18.9 Å². The van der Waals surface area contributed by atoms with Crippen molar-refractivity contribution in [3.05, 3.63) is 36.4 Å². The van der Waals surface area contributed by atoms with Crippen LogP contribution in [0, 0.1) is 0 Å². The summed E-state index contributed by atoms with van der Waals surface area (Å²) in [6.07, 6.45) is 1.52. The SMILES string of the molecule is CC1(Cc2cc3ccc(-c4nnco4)cc3o2)NC(=O)NC1=O. The smallest absolute Gasteiger partial charge is 0.322 e. The average Bonchev–Trinajstić information content (AvgIpc) is 3.18. The molecule has 8 heteroatoms. The molecule has 3 aromatic rings. The first kappa shape index (κ1) is 13.5. The number of aromatic nitrogens is 2. The number of fused-ring (bicyclic) bond motifs is 1. The number of nitrogens with zero attached hydrogens (tertiary/aromatic N) is 2. The molecule has 4 rings (SSSR count). The maximum absolute atomic E-state index is 11.9. The van der Waals surface area contributed by atoms with Crippen molar-refractivity contribution in [2.75, 3.05) is 0 Å². The molecule has 1 saturated heterocycles. The van der Waals surface area contributed by atoms with Crippen LogP contribution in [-0.2, 0) is 11.2 Å². The highest BCUT2D eigenvalue weighted by atomic mass is 16.4. The lowest BCUT2D eigenvalue weighted by Gasteiger charge is -2.18. The monoisotopic (exact) mass is 312 g/mol. The van der Waals surface area contributed by atoms with Gasteiger partial charge in [0.15, 0.2) is 0 Å². The number of nitrogens with one attached hydrogen (secondary N) is 2. The molecule has 0 spiro atoms. The van der Waals surface area contributed by atoms with Gasteiger partial charge >= 0.3 is 6.03 Å². The number of amides is 3. The molecule has 1 aliphatic heterocycles. The predicted octanol–water partition coefficient (Wildman–Crippen LogP) is 1.62. The average molecular weight is 312 g/mol. The van der Waals surface area contributed by atoms with E-state index >= 15 is 0 Å². The molecule has 1 atom stereocenters. The normalized spacial score (nSPS) is 20.7. The minimum atomic E-state index is -1.01. The highest BCUT2D eigenvalue weighted by Crippen LogP contribution is 2.27. The summed E-state index contributed by atoms with van der Waals surface area (Å²) < 4.78 is 11.0. The Morgan fingerprint density at radius 1 is 1.26 bits per heavy atom. The molecule has 1 fully saturated rings. The van der Waals surface area contributed by atoms with E-state index in [0.29, 0.717) is 17.2 Å². The first-order valence-electron chi connectivity index (χ1n) is 6.96. The van der Waals surface area contributed by atoms with E-state index < -0.39 is 11.6 Å². The second kappa shape index (κ2) is 4.67. The summed E-state index contributed by atoms with van der Waals surface area (Å²) in [7, 11) is 0. The molecule has 2 aromatic heterocycles. The molecule has 2 N–H and O–H groups in total. The van der Waals surface area contributed by atoms with E-state index in [1.54, 1.807) is 13.0 Å². The largest absolute Gasteiger partial charge is 0.461 e. The lowest BCUT2D eigenvalue weighted by atomic mass is 9.97. The Hall–Kier alpha value is -3.16. The minimum Gasteiger partial charge on any atom is -0.461 e. The van der Waals surface area contributed by atoms with Gasteiger partial charge in [0.2, 0.25) is 12.3 Å².